The van der Waals surface area contributed by atoms with Gasteiger partial charge in [0.1, 0.15) is 5.82 Å². The number of alkyl halides is 1. The Morgan fingerprint density at radius 1 is 1.05 bits per heavy atom. The lowest BCUT2D eigenvalue weighted by atomic mass is 9.94. The second kappa shape index (κ2) is 7.55. The van der Waals surface area contributed by atoms with Crippen molar-refractivity contribution in [3.63, 3.8) is 0 Å². The second-order valence-corrected chi connectivity index (χ2v) is 5.67. The first kappa shape index (κ1) is 16.0. The van der Waals surface area contributed by atoms with Gasteiger partial charge < -0.3 is 4.74 Å². The number of ether oxygens (including phenoxy) is 1. The average molecular weight is 355 g/mol. The van der Waals surface area contributed by atoms with Crippen molar-refractivity contribution in [3.05, 3.63) is 65.2 Å². The van der Waals surface area contributed by atoms with Crippen LogP contribution in [0.15, 0.2) is 42.5 Å². The van der Waals surface area contributed by atoms with Gasteiger partial charge in [-0.15, -0.1) is 0 Å². The molecular weight excluding hydrogens is 338 g/mol. The lowest BCUT2D eigenvalue weighted by Gasteiger charge is -2.15. The molecule has 1 atom stereocenters. The van der Waals surface area contributed by atoms with Gasteiger partial charge in [-0.2, -0.15) is 0 Å². The Balaban J connectivity index is 2.07. The maximum atomic E-state index is 13.7. The zero-order valence-electron chi connectivity index (χ0n) is 11.8. The van der Waals surface area contributed by atoms with Gasteiger partial charge in [-0.1, -0.05) is 34.1 Å². The molecule has 0 bridgehead atoms. The quantitative estimate of drug-likeness (QED) is 0.679. The van der Waals surface area contributed by atoms with E-state index in [1.165, 1.54) is 19.2 Å². The van der Waals surface area contributed by atoms with Crippen molar-refractivity contribution in [1.82, 2.24) is 0 Å². The van der Waals surface area contributed by atoms with Crippen LogP contribution in [-0.4, -0.2) is 12.4 Å². The minimum Gasteiger partial charge on any atom is -0.494 e. The minimum atomic E-state index is -0.353. The van der Waals surface area contributed by atoms with Gasteiger partial charge in [-0.3, -0.25) is 0 Å². The molecule has 0 saturated carbocycles. The summed E-state index contributed by atoms with van der Waals surface area (Å²) in [4.78, 5) is 0. The molecule has 0 saturated heterocycles. The van der Waals surface area contributed by atoms with Crippen LogP contribution < -0.4 is 4.74 Å². The summed E-state index contributed by atoms with van der Waals surface area (Å²) in [6.45, 7) is 0. The van der Waals surface area contributed by atoms with E-state index in [0.29, 0.717) is 0 Å². The van der Waals surface area contributed by atoms with Gasteiger partial charge in [0.2, 0.25) is 0 Å². The number of rotatable bonds is 6. The highest BCUT2D eigenvalue weighted by Gasteiger charge is 2.12. The summed E-state index contributed by atoms with van der Waals surface area (Å²) < 4.78 is 31.8. The van der Waals surface area contributed by atoms with E-state index in [9.17, 15) is 8.78 Å². The number of benzene rings is 2. The van der Waals surface area contributed by atoms with E-state index in [-0.39, 0.29) is 23.3 Å². The number of hydrogen-bond acceptors (Lipinski definition) is 1. The number of methoxy groups -OCH3 is 1. The van der Waals surface area contributed by atoms with Crippen LogP contribution in [0.4, 0.5) is 8.78 Å². The topological polar surface area (TPSA) is 9.23 Å². The summed E-state index contributed by atoms with van der Waals surface area (Å²) in [7, 11) is 1.45. The fraction of sp³-hybridized carbons (Fsp3) is 0.294. The van der Waals surface area contributed by atoms with Crippen molar-refractivity contribution >= 4 is 15.9 Å². The van der Waals surface area contributed by atoms with Gasteiger partial charge in [0.15, 0.2) is 11.6 Å². The summed E-state index contributed by atoms with van der Waals surface area (Å²) in [5, 5.41) is 0.775. The van der Waals surface area contributed by atoms with E-state index in [2.05, 4.69) is 15.9 Å². The molecule has 0 spiro atoms. The summed E-state index contributed by atoms with van der Waals surface area (Å²) in [5.41, 5.74) is 1.86. The van der Waals surface area contributed by atoms with Crippen LogP contribution in [0.3, 0.4) is 0 Å². The SMILES string of the molecule is COc1ccc(CC(CBr)Cc2cccc(F)c2)cc1F. The van der Waals surface area contributed by atoms with Crippen LogP contribution in [0.25, 0.3) is 0 Å². The third-order valence-corrected chi connectivity index (χ3v) is 4.29. The predicted molar refractivity (Wildman–Crippen MR) is 84.0 cm³/mol. The molecule has 1 unspecified atom stereocenters. The summed E-state index contributed by atoms with van der Waals surface area (Å²) >= 11 is 3.48. The van der Waals surface area contributed by atoms with Crippen molar-refractivity contribution in [2.24, 2.45) is 5.92 Å². The summed E-state index contributed by atoms with van der Waals surface area (Å²) in [5.74, 6) is -0.0516. The zero-order valence-corrected chi connectivity index (χ0v) is 13.4. The maximum absolute atomic E-state index is 13.7. The highest BCUT2D eigenvalue weighted by atomic mass is 79.9. The Hall–Kier alpha value is -1.42. The molecule has 0 aliphatic carbocycles. The Morgan fingerprint density at radius 3 is 2.33 bits per heavy atom. The number of hydrogen-bond donors (Lipinski definition) is 0. The van der Waals surface area contributed by atoms with E-state index in [1.807, 2.05) is 12.1 Å². The van der Waals surface area contributed by atoms with Crippen LogP contribution in [0.2, 0.25) is 0 Å². The standard InChI is InChI=1S/C17H17BrF2O/c1-21-17-6-5-13(10-16(17)20)8-14(11-18)7-12-3-2-4-15(19)9-12/h2-6,9-10,14H,7-8,11H2,1H3. The van der Waals surface area contributed by atoms with E-state index in [4.69, 9.17) is 4.74 Å². The lowest BCUT2D eigenvalue weighted by Crippen LogP contribution is -2.10. The monoisotopic (exact) mass is 354 g/mol. The maximum Gasteiger partial charge on any atom is 0.165 e. The van der Waals surface area contributed by atoms with Crippen molar-refractivity contribution < 1.29 is 13.5 Å². The first-order valence-corrected chi connectivity index (χ1v) is 7.87. The molecule has 4 heteroatoms. The lowest BCUT2D eigenvalue weighted by molar-refractivity contribution is 0.386. The molecule has 0 radical (unpaired) electrons. The molecule has 0 heterocycles. The van der Waals surface area contributed by atoms with Gasteiger partial charge in [0.25, 0.3) is 0 Å². The van der Waals surface area contributed by atoms with Crippen LogP contribution in [0.5, 0.6) is 5.75 Å². The average Bonchev–Trinajstić information content (AvgIpc) is 2.47. The Bertz CT molecular complexity index is 601. The van der Waals surface area contributed by atoms with E-state index in [0.717, 1.165) is 29.3 Å². The van der Waals surface area contributed by atoms with Crippen molar-refractivity contribution in [1.29, 1.82) is 0 Å². The Kier molecular flexibility index (Phi) is 5.74. The van der Waals surface area contributed by atoms with Crippen LogP contribution >= 0.6 is 15.9 Å². The van der Waals surface area contributed by atoms with Crippen LogP contribution in [0, 0.1) is 17.6 Å². The fourth-order valence-corrected chi connectivity index (χ4v) is 2.81. The third-order valence-electron chi connectivity index (χ3n) is 3.37. The van der Waals surface area contributed by atoms with Gasteiger partial charge in [0, 0.05) is 5.33 Å². The minimum absolute atomic E-state index is 0.226. The molecule has 1 nitrogen and oxygen atoms in total. The van der Waals surface area contributed by atoms with Crippen LogP contribution in [-0.2, 0) is 12.8 Å². The molecule has 0 aliphatic heterocycles. The third kappa shape index (κ3) is 4.53. The highest BCUT2D eigenvalue weighted by Crippen LogP contribution is 2.22. The molecular formula is C17H17BrF2O. The van der Waals surface area contributed by atoms with Gasteiger partial charge in [-0.05, 0) is 54.2 Å². The van der Waals surface area contributed by atoms with Crippen LogP contribution in [0.1, 0.15) is 11.1 Å². The van der Waals surface area contributed by atoms with Gasteiger partial charge in [-0.25, -0.2) is 8.78 Å². The van der Waals surface area contributed by atoms with Crippen molar-refractivity contribution in [2.45, 2.75) is 12.8 Å². The molecule has 2 aromatic carbocycles. The normalized spacial score (nSPS) is 12.2. The summed E-state index contributed by atoms with van der Waals surface area (Å²) in [6, 6.07) is 11.6. The smallest absolute Gasteiger partial charge is 0.165 e. The molecule has 0 aliphatic rings. The fourth-order valence-electron chi connectivity index (χ4n) is 2.35. The van der Waals surface area contributed by atoms with E-state index >= 15 is 0 Å². The molecule has 21 heavy (non-hydrogen) atoms. The molecule has 0 N–H and O–H groups in total. The van der Waals surface area contributed by atoms with Crippen molar-refractivity contribution in [3.8, 4) is 5.75 Å². The van der Waals surface area contributed by atoms with E-state index in [1.54, 1.807) is 18.2 Å². The summed E-state index contributed by atoms with van der Waals surface area (Å²) in [6.07, 6.45) is 1.47. The highest BCUT2D eigenvalue weighted by molar-refractivity contribution is 9.09. The molecule has 2 aromatic rings. The first-order valence-electron chi connectivity index (χ1n) is 6.75. The predicted octanol–water partition coefficient (Wildman–Crippen LogP) is 4.77. The molecule has 0 fully saturated rings. The van der Waals surface area contributed by atoms with Crippen molar-refractivity contribution in [2.75, 3.05) is 12.4 Å². The van der Waals surface area contributed by atoms with Gasteiger partial charge >= 0.3 is 0 Å². The molecule has 2 rings (SSSR count). The molecule has 112 valence electrons. The Labute approximate surface area is 132 Å². The van der Waals surface area contributed by atoms with E-state index < -0.39 is 0 Å². The number of halogens is 3. The first-order chi connectivity index (χ1) is 10.1. The molecule has 0 aromatic heterocycles. The van der Waals surface area contributed by atoms with Gasteiger partial charge in [0.05, 0.1) is 7.11 Å². The second-order valence-electron chi connectivity index (χ2n) is 5.03. The largest absolute Gasteiger partial charge is 0.494 e. The molecule has 0 amide bonds. The zero-order chi connectivity index (χ0) is 15.2. The Morgan fingerprint density at radius 2 is 1.76 bits per heavy atom.